The molecule has 0 aromatic heterocycles. The minimum Gasteiger partial charge on any atom is -0.507 e. The Labute approximate surface area is 276 Å². The number of carbonyl (C=O) groups excluding carboxylic acids is 2. The van der Waals surface area contributed by atoms with Crippen molar-refractivity contribution < 1.29 is 28.9 Å². The van der Waals surface area contributed by atoms with Crippen molar-refractivity contribution in [1.82, 2.24) is 9.80 Å². The smallest absolute Gasteiger partial charge is 0.295 e. The number of benzene rings is 4. The molecule has 1 aliphatic heterocycles. The first kappa shape index (κ1) is 33.3. The number of likely N-dealkylation sites (N-methyl/N-ethyl adjacent to an activating group) is 1. The van der Waals surface area contributed by atoms with E-state index in [0.717, 1.165) is 29.8 Å². The molecule has 47 heavy (non-hydrogen) atoms. The van der Waals surface area contributed by atoms with Gasteiger partial charge in [0.15, 0.2) is 11.5 Å². The van der Waals surface area contributed by atoms with Gasteiger partial charge in [0.2, 0.25) is 0 Å². The lowest BCUT2D eigenvalue weighted by Gasteiger charge is -2.28. The van der Waals surface area contributed by atoms with E-state index in [1.807, 2.05) is 67.6 Å². The molecule has 0 bridgehead atoms. The number of ketones is 1. The number of hydrogen-bond acceptors (Lipinski definition) is 7. The van der Waals surface area contributed by atoms with Crippen molar-refractivity contribution in [3.8, 4) is 17.2 Å². The van der Waals surface area contributed by atoms with Crippen LogP contribution in [0, 0.1) is 6.92 Å². The van der Waals surface area contributed by atoms with Gasteiger partial charge in [0.1, 0.15) is 24.7 Å². The van der Waals surface area contributed by atoms with Gasteiger partial charge in [-0.3, -0.25) is 9.59 Å². The van der Waals surface area contributed by atoms with E-state index in [1.54, 1.807) is 48.4 Å². The van der Waals surface area contributed by atoms with E-state index in [2.05, 4.69) is 18.7 Å². The summed E-state index contributed by atoms with van der Waals surface area (Å²) in [4.78, 5) is 30.9. The number of amides is 1. The molecular formula is C39H42N2O6. The Kier molecular flexibility index (Phi) is 11.0. The molecule has 0 saturated carbocycles. The molecule has 1 aliphatic rings. The van der Waals surface area contributed by atoms with Gasteiger partial charge in [-0.25, -0.2) is 0 Å². The van der Waals surface area contributed by atoms with Crippen LogP contribution in [0.1, 0.15) is 47.7 Å². The van der Waals surface area contributed by atoms with E-state index in [1.165, 1.54) is 0 Å². The molecule has 1 atom stereocenters. The summed E-state index contributed by atoms with van der Waals surface area (Å²) in [7, 11) is 1.55. The van der Waals surface area contributed by atoms with Crippen molar-refractivity contribution in [2.24, 2.45) is 0 Å². The van der Waals surface area contributed by atoms with E-state index in [0.29, 0.717) is 54.7 Å². The fourth-order valence-corrected chi connectivity index (χ4v) is 5.75. The maximum absolute atomic E-state index is 13.6. The van der Waals surface area contributed by atoms with Gasteiger partial charge in [-0.15, -0.1) is 0 Å². The molecular weight excluding hydrogens is 592 g/mol. The number of aliphatic hydroxyl groups is 1. The largest absolute Gasteiger partial charge is 0.507 e. The molecule has 0 spiro atoms. The van der Waals surface area contributed by atoms with Gasteiger partial charge in [0.25, 0.3) is 11.7 Å². The zero-order chi connectivity index (χ0) is 33.3. The van der Waals surface area contributed by atoms with E-state index in [9.17, 15) is 14.7 Å². The molecule has 1 heterocycles. The molecule has 4 aromatic rings. The predicted molar refractivity (Wildman–Crippen MR) is 183 cm³/mol. The van der Waals surface area contributed by atoms with Crippen LogP contribution in [-0.4, -0.2) is 59.9 Å². The summed E-state index contributed by atoms with van der Waals surface area (Å²) in [6.45, 7) is 9.42. The minimum absolute atomic E-state index is 0.0307. The molecule has 8 heteroatoms. The maximum atomic E-state index is 13.6. The summed E-state index contributed by atoms with van der Waals surface area (Å²) >= 11 is 0. The number of ether oxygens (including phenoxy) is 3. The molecule has 0 radical (unpaired) electrons. The van der Waals surface area contributed by atoms with Crippen LogP contribution in [-0.2, 0) is 22.8 Å². The SMILES string of the molecule is CCN(CC)CCN1C(=O)C(=O)C(=C(O)c2ccc(OCc3ccccc3C)cc2)C1c1ccc(OCc2ccccc2)c(OC)c1. The molecule has 0 aliphatic carbocycles. The second-order valence-corrected chi connectivity index (χ2v) is 11.4. The molecule has 1 saturated heterocycles. The second-order valence-electron chi connectivity index (χ2n) is 11.4. The topological polar surface area (TPSA) is 88.5 Å². The number of rotatable bonds is 14. The predicted octanol–water partition coefficient (Wildman–Crippen LogP) is 6.93. The summed E-state index contributed by atoms with van der Waals surface area (Å²) in [5.74, 6) is -0.00525. The fraction of sp³-hybridized carbons (Fsp3) is 0.282. The molecule has 1 amide bonds. The highest BCUT2D eigenvalue weighted by Gasteiger charge is 2.46. The van der Waals surface area contributed by atoms with Gasteiger partial charge in [0.05, 0.1) is 18.7 Å². The number of aliphatic hydroxyl groups excluding tert-OH is 1. The maximum Gasteiger partial charge on any atom is 0.295 e. The van der Waals surface area contributed by atoms with Crippen LogP contribution in [0.25, 0.3) is 5.76 Å². The number of methoxy groups -OCH3 is 1. The van der Waals surface area contributed by atoms with Gasteiger partial charge in [-0.05, 0) is 78.7 Å². The Morgan fingerprint density at radius 3 is 2.21 bits per heavy atom. The van der Waals surface area contributed by atoms with Crippen LogP contribution in [0.15, 0.2) is 103 Å². The van der Waals surface area contributed by atoms with Gasteiger partial charge in [-0.1, -0.05) is 74.5 Å². The highest BCUT2D eigenvalue weighted by Crippen LogP contribution is 2.42. The number of nitrogens with zero attached hydrogens (tertiary/aromatic N) is 2. The van der Waals surface area contributed by atoms with Crippen molar-refractivity contribution in [3.63, 3.8) is 0 Å². The lowest BCUT2D eigenvalue weighted by molar-refractivity contribution is -0.140. The Morgan fingerprint density at radius 1 is 0.830 bits per heavy atom. The Morgan fingerprint density at radius 2 is 1.53 bits per heavy atom. The molecule has 8 nitrogen and oxygen atoms in total. The molecule has 5 rings (SSSR count). The number of aryl methyl sites for hydroxylation is 1. The molecule has 1 unspecified atom stereocenters. The summed E-state index contributed by atoms with van der Waals surface area (Å²) in [6, 6.07) is 29.3. The van der Waals surface area contributed by atoms with E-state index < -0.39 is 17.7 Å². The standard InChI is InChI=1S/C39H42N2O6/c1-5-40(6-2)22-23-41-36(30-18-21-33(34(24-30)45-4)47-25-28-13-8-7-9-14-28)35(38(43)39(41)44)37(42)29-16-19-32(20-17-29)46-26-31-15-11-10-12-27(31)3/h7-21,24,36,42H,5-6,22-23,25-26H2,1-4H3. The monoisotopic (exact) mass is 634 g/mol. The van der Waals surface area contributed by atoms with Crippen LogP contribution >= 0.6 is 0 Å². The number of carbonyl (C=O) groups is 2. The van der Waals surface area contributed by atoms with Crippen molar-refractivity contribution >= 4 is 17.4 Å². The first-order valence-electron chi connectivity index (χ1n) is 16.0. The highest BCUT2D eigenvalue weighted by molar-refractivity contribution is 6.46. The van der Waals surface area contributed by atoms with Crippen molar-refractivity contribution in [2.45, 2.75) is 40.0 Å². The summed E-state index contributed by atoms with van der Waals surface area (Å²) < 4.78 is 17.7. The number of likely N-dealkylation sites (tertiary alicyclic amines) is 1. The third kappa shape index (κ3) is 7.67. The molecule has 1 fully saturated rings. The zero-order valence-corrected chi connectivity index (χ0v) is 27.4. The molecule has 244 valence electrons. The minimum atomic E-state index is -0.820. The first-order valence-corrected chi connectivity index (χ1v) is 16.0. The number of hydrogen-bond donors (Lipinski definition) is 1. The van der Waals surface area contributed by atoms with E-state index in [4.69, 9.17) is 14.2 Å². The van der Waals surface area contributed by atoms with E-state index in [-0.39, 0.29) is 11.3 Å². The summed E-state index contributed by atoms with van der Waals surface area (Å²) in [5.41, 5.74) is 4.30. The van der Waals surface area contributed by atoms with Crippen molar-refractivity contribution in [2.75, 3.05) is 33.3 Å². The fourth-order valence-electron chi connectivity index (χ4n) is 5.75. The normalized spacial score (nSPS) is 15.7. The average molecular weight is 635 g/mol. The van der Waals surface area contributed by atoms with Crippen molar-refractivity contribution in [1.29, 1.82) is 0 Å². The van der Waals surface area contributed by atoms with Crippen LogP contribution in [0.4, 0.5) is 0 Å². The van der Waals surface area contributed by atoms with E-state index >= 15 is 0 Å². The lowest BCUT2D eigenvalue weighted by Crippen LogP contribution is -2.38. The third-order valence-electron chi connectivity index (χ3n) is 8.62. The van der Waals surface area contributed by atoms with Crippen LogP contribution in [0.2, 0.25) is 0 Å². The average Bonchev–Trinajstić information content (AvgIpc) is 3.36. The Hall–Kier alpha value is -5.08. The summed E-state index contributed by atoms with van der Waals surface area (Å²) in [6.07, 6.45) is 0. The molecule has 4 aromatic carbocycles. The Balaban J connectivity index is 1.47. The van der Waals surface area contributed by atoms with Gasteiger partial charge < -0.3 is 29.1 Å². The third-order valence-corrected chi connectivity index (χ3v) is 8.62. The quantitative estimate of drug-likeness (QED) is 0.0915. The lowest BCUT2D eigenvalue weighted by atomic mass is 9.95. The summed E-state index contributed by atoms with van der Waals surface area (Å²) in [5, 5.41) is 11.6. The second kappa shape index (κ2) is 15.5. The van der Waals surface area contributed by atoms with Crippen molar-refractivity contribution in [3.05, 3.63) is 130 Å². The van der Waals surface area contributed by atoms with Gasteiger partial charge in [0, 0.05) is 18.7 Å². The highest BCUT2D eigenvalue weighted by atomic mass is 16.5. The zero-order valence-electron chi connectivity index (χ0n) is 27.4. The first-order chi connectivity index (χ1) is 22.8. The van der Waals surface area contributed by atoms with Crippen LogP contribution < -0.4 is 14.2 Å². The van der Waals surface area contributed by atoms with Gasteiger partial charge in [-0.2, -0.15) is 0 Å². The Bertz CT molecular complexity index is 1710. The van der Waals surface area contributed by atoms with Gasteiger partial charge >= 0.3 is 0 Å². The van der Waals surface area contributed by atoms with Crippen LogP contribution in [0.5, 0.6) is 17.2 Å². The number of Topliss-reactive ketones (excluding diaryl/α,β-unsaturated/α-hetero) is 1. The van der Waals surface area contributed by atoms with Crippen LogP contribution in [0.3, 0.4) is 0 Å². The molecule has 1 N–H and O–H groups in total.